The molecule has 2 aromatic rings. The van der Waals surface area contributed by atoms with Crippen LogP contribution in [-0.2, 0) is 20.9 Å². The van der Waals surface area contributed by atoms with E-state index in [2.05, 4.69) is 0 Å². The molecule has 0 aromatic heterocycles. The second kappa shape index (κ2) is 8.90. The number of hydrogen-bond donors (Lipinski definition) is 0. The smallest absolute Gasteiger partial charge is 0.329 e. The maximum absolute atomic E-state index is 12.6. The van der Waals surface area contributed by atoms with E-state index >= 15 is 0 Å². The number of amides is 3. The lowest BCUT2D eigenvalue weighted by Gasteiger charge is -2.23. The van der Waals surface area contributed by atoms with Crippen LogP contribution < -0.4 is 0 Å². The van der Waals surface area contributed by atoms with Crippen molar-refractivity contribution < 1.29 is 23.9 Å². The lowest BCUT2D eigenvalue weighted by atomic mass is 10.1. The van der Waals surface area contributed by atoms with Crippen LogP contribution in [0.25, 0.3) is 0 Å². The van der Waals surface area contributed by atoms with Crippen LogP contribution in [0.3, 0.4) is 0 Å². The summed E-state index contributed by atoms with van der Waals surface area (Å²) >= 11 is 0. The van der Waals surface area contributed by atoms with Gasteiger partial charge in [-0.05, 0) is 38.5 Å². The number of esters is 1. The Bertz CT molecular complexity index is 986. The number of fused-ring (bicyclic) bond motifs is 1. The van der Waals surface area contributed by atoms with Crippen LogP contribution in [0.4, 0.5) is 0 Å². The molecule has 1 unspecified atom stereocenters. The predicted molar refractivity (Wildman–Crippen MR) is 110 cm³/mol. The molecule has 0 radical (unpaired) electrons. The maximum atomic E-state index is 12.6. The molecule has 0 fully saturated rings. The van der Waals surface area contributed by atoms with Crippen molar-refractivity contribution in [2.75, 3.05) is 13.2 Å². The van der Waals surface area contributed by atoms with Crippen molar-refractivity contribution in [2.45, 2.75) is 33.4 Å². The first-order chi connectivity index (χ1) is 14.3. The highest BCUT2D eigenvalue weighted by Crippen LogP contribution is 2.26. The van der Waals surface area contributed by atoms with Gasteiger partial charge >= 0.3 is 5.97 Å². The van der Waals surface area contributed by atoms with E-state index in [4.69, 9.17) is 4.74 Å². The quantitative estimate of drug-likeness (QED) is 0.519. The SMILES string of the molecule is CCN(Cc1ccccc1)C(=O)COC(=O)C(C)N1C(=O)c2ccc(C)cc2C1=O. The van der Waals surface area contributed by atoms with Crippen LogP contribution in [0.2, 0.25) is 0 Å². The number of carbonyl (C=O) groups is 4. The second-order valence-corrected chi connectivity index (χ2v) is 7.21. The molecule has 156 valence electrons. The van der Waals surface area contributed by atoms with Crippen molar-refractivity contribution in [1.29, 1.82) is 0 Å². The van der Waals surface area contributed by atoms with Gasteiger partial charge in [0.1, 0.15) is 6.04 Å². The molecule has 3 amide bonds. The maximum Gasteiger partial charge on any atom is 0.329 e. The minimum absolute atomic E-state index is 0.265. The molecule has 0 saturated carbocycles. The van der Waals surface area contributed by atoms with Gasteiger partial charge in [0.2, 0.25) is 0 Å². The Morgan fingerprint density at radius 3 is 2.37 bits per heavy atom. The summed E-state index contributed by atoms with van der Waals surface area (Å²) < 4.78 is 5.14. The number of benzene rings is 2. The van der Waals surface area contributed by atoms with Gasteiger partial charge in [-0.1, -0.05) is 42.0 Å². The molecule has 7 nitrogen and oxygen atoms in total. The monoisotopic (exact) mass is 408 g/mol. The van der Waals surface area contributed by atoms with Gasteiger partial charge in [0, 0.05) is 13.1 Å². The Morgan fingerprint density at radius 1 is 1.03 bits per heavy atom. The number of ether oxygens (including phenoxy) is 1. The van der Waals surface area contributed by atoms with Crippen molar-refractivity contribution >= 4 is 23.7 Å². The highest BCUT2D eigenvalue weighted by molar-refractivity contribution is 6.22. The summed E-state index contributed by atoms with van der Waals surface area (Å²) in [6.45, 7) is 5.49. The summed E-state index contributed by atoms with van der Waals surface area (Å²) in [7, 11) is 0. The zero-order valence-electron chi connectivity index (χ0n) is 17.3. The molecule has 0 N–H and O–H groups in total. The first kappa shape index (κ1) is 21.2. The van der Waals surface area contributed by atoms with Gasteiger partial charge in [0.15, 0.2) is 6.61 Å². The summed E-state index contributed by atoms with van der Waals surface area (Å²) in [5.41, 5.74) is 2.35. The van der Waals surface area contributed by atoms with Gasteiger partial charge < -0.3 is 9.64 Å². The lowest BCUT2D eigenvalue weighted by Crippen LogP contribution is -2.44. The fraction of sp³-hybridized carbons (Fsp3) is 0.304. The van der Waals surface area contributed by atoms with E-state index in [0.717, 1.165) is 16.0 Å². The molecule has 1 heterocycles. The predicted octanol–water partition coefficient (Wildman–Crippen LogP) is 2.57. The average molecular weight is 408 g/mol. The summed E-state index contributed by atoms with van der Waals surface area (Å²) in [6.07, 6.45) is 0. The van der Waals surface area contributed by atoms with Crippen molar-refractivity contribution in [1.82, 2.24) is 9.80 Å². The van der Waals surface area contributed by atoms with Crippen molar-refractivity contribution in [3.63, 3.8) is 0 Å². The summed E-state index contributed by atoms with van der Waals surface area (Å²) in [5, 5.41) is 0. The van der Waals surface area contributed by atoms with E-state index in [9.17, 15) is 19.2 Å². The largest absolute Gasteiger partial charge is 0.454 e. The zero-order valence-corrected chi connectivity index (χ0v) is 17.3. The van der Waals surface area contributed by atoms with Gasteiger partial charge in [-0.25, -0.2) is 4.79 Å². The number of aryl methyl sites for hydroxylation is 1. The van der Waals surface area contributed by atoms with Crippen LogP contribution in [0.5, 0.6) is 0 Å². The molecular weight excluding hydrogens is 384 g/mol. The van der Waals surface area contributed by atoms with Crippen molar-refractivity contribution in [2.24, 2.45) is 0 Å². The zero-order chi connectivity index (χ0) is 21.8. The van der Waals surface area contributed by atoms with E-state index in [-0.39, 0.29) is 17.0 Å². The highest BCUT2D eigenvalue weighted by Gasteiger charge is 2.41. The fourth-order valence-corrected chi connectivity index (χ4v) is 3.36. The fourth-order valence-electron chi connectivity index (χ4n) is 3.36. The van der Waals surface area contributed by atoms with Crippen LogP contribution in [0.1, 0.15) is 45.7 Å². The van der Waals surface area contributed by atoms with Gasteiger partial charge in [-0.3, -0.25) is 19.3 Å². The molecular formula is C23H24N2O5. The molecule has 7 heteroatoms. The molecule has 3 rings (SSSR count). The molecule has 0 aliphatic carbocycles. The van der Waals surface area contributed by atoms with Crippen LogP contribution in [-0.4, -0.2) is 52.7 Å². The molecule has 1 aliphatic rings. The number of rotatable bonds is 7. The Balaban J connectivity index is 1.61. The molecule has 1 aliphatic heterocycles. The van der Waals surface area contributed by atoms with Gasteiger partial charge in [0.05, 0.1) is 11.1 Å². The number of likely N-dealkylation sites (N-methyl/N-ethyl adjacent to an activating group) is 1. The Kier molecular flexibility index (Phi) is 6.30. The van der Waals surface area contributed by atoms with Gasteiger partial charge in [-0.2, -0.15) is 0 Å². The summed E-state index contributed by atoms with van der Waals surface area (Å²) in [5.74, 6) is -2.22. The normalized spacial score (nSPS) is 13.8. The first-order valence-corrected chi connectivity index (χ1v) is 9.80. The Morgan fingerprint density at radius 2 is 1.70 bits per heavy atom. The number of carbonyl (C=O) groups excluding carboxylic acids is 4. The Labute approximate surface area is 175 Å². The molecule has 1 atom stereocenters. The summed E-state index contributed by atoms with van der Waals surface area (Å²) in [6, 6.07) is 13.3. The number of imide groups is 1. The minimum Gasteiger partial charge on any atom is -0.454 e. The summed E-state index contributed by atoms with van der Waals surface area (Å²) in [4.78, 5) is 52.6. The third kappa shape index (κ3) is 4.25. The molecule has 0 spiro atoms. The van der Waals surface area contributed by atoms with Crippen molar-refractivity contribution in [3.8, 4) is 0 Å². The van der Waals surface area contributed by atoms with Gasteiger partial charge in [0.25, 0.3) is 17.7 Å². The average Bonchev–Trinajstić information content (AvgIpc) is 2.99. The van der Waals surface area contributed by atoms with E-state index in [1.165, 1.54) is 6.92 Å². The van der Waals surface area contributed by atoms with E-state index in [1.807, 2.05) is 44.2 Å². The van der Waals surface area contributed by atoms with Crippen LogP contribution >= 0.6 is 0 Å². The van der Waals surface area contributed by atoms with Crippen LogP contribution in [0, 0.1) is 6.92 Å². The number of nitrogens with zero attached hydrogens (tertiary/aromatic N) is 2. The molecule has 30 heavy (non-hydrogen) atoms. The van der Waals surface area contributed by atoms with E-state index < -0.39 is 30.4 Å². The lowest BCUT2D eigenvalue weighted by molar-refractivity contribution is -0.155. The van der Waals surface area contributed by atoms with E-state index in [1.54, 1.807) is 23.1 Å². The second-order valence-electron chi connectivity index (χ2n) is 7.21. The molecule has 0 saturated heterocycles. The third-order valence-electron chi connectivity index (χ3n) is 5.09. The number of hydrogen-bond acceptors (Lipinski definition) is 5. The van der Waals surface area contributed by atoms with Gasteiger partial charge in [-0.15, -0.1) is 0 Å². The highest BCUT2D eigenvalue weighted by atomic mass is 16.5. The van der Waals surface area contributed by atoms with Crippen LogP contribution in [0.15, 0.2) is 48.5 Å². The third-order valence-corrected chi connectivity index (χ3v) is 5.09. The first-order valence-electron chi connectivity index (χ1n) is 9.80. The Hall–Kier alpha value is -3.48. The topological polar surface area (TPSA) is 84.0 Å². The molecule has 2 aromatic carbocycles. The van der Waals surface area contributed by atoms with E-state index in [0.29, 0.717) is 13.1 Å². The standard InChI is InChI=1S/C23H24N2O5/c1-4-24(13-17-8-6-5-7-9-17)20(26)14-30-23(29)16(3)25-21(27)18-11-10-15(2)12-19(18)22(25)28/h5-12,16H,4,13-14H2,1-3H3. The molecule has 0 bridgehead atoms. The van der Waals surface area contributed by atoms with Crippen molar-refractivity contribution in [3.05, 3.63) is 70.8 Å². The minimum atomic E-state index is -1.13.